The lowest BCUT2D eigenvalue weighted by Crippen LogP contribution is -2.40. The molecule has 1 amide bonds. The number of likely N-dealkylation sites (tertiary alicyclic amines) is 1. The van der Waals surface area contributed by atoms with Gasteiger partial charge in [-0.2, -0.15) is 13.2 Å². The summed E-state index contributed by atoms with van der Waals surface area (Å²) < 4.78 is 33.7. The van der Waals surface area contributed by atoms with Crippen LogP contribution in [0.25, 0.3) is 0 Å². The average Bonchev–Trinajstić information content (AvgIpc) is 3.03. The topological polar surface area (TPSA) is 114 Å². The fraction of sp³-hybridized carbons (Fsp3) is 0.800. The van der Waals surface area contributed by atoms with Gasteiger partial charge in [-0.25, -0.2) is 9.48 Å². The number of alkyl halides is 3. The molecular formula is C20H30F3N5O3. The lowest BCUT2D eigenvalue weighted by Gasteiger charge is -2.32. The van der Waals surface area contributed by atoms with E-state index < -0.39 is 17.7 Å². The van der Waals surface area contributed by atoms with Crippen molar-refractivity contribution in [1.29, 1.82) is 0 Å². The number of rotatable bonds is 3. The Morgan fingerprint density at radius 2 is 1.74 bits per heavy atom. The number of aromatic nitrogens is 3. The summed E-state index contributed by atoms with van der Waals surface area (Å²) in [6, 6.07) is 0.331. The molecule has 1 aliphatic heterocycles. The first-order valence-electron chi connectivity index (χ1n) is 10.6. The van der Waals surface area contributed by atoms with Crippen LogP contribution in [0, 0.1) is 11.3 Å². The molecule has 1 atom stereocenters. The van der Waals surface area contributed by atoms with E-state index in [0.29, 0.717) is 23.3 Å². The fourth-order valence-corrected chi connectivity index (χ4v) is 4.65. The van der Waals surface area contributed by atoms with Gasteiger partial charge in [0.2, 0.25) is 5.91 Å². The number of nitrogens with two attached hydrogens (primary N) is 1. The summed E-state index contributed by atoms with van der Waals surface area (Å²) in [6.07, 6.45) is 5.13. The zero-order chi connectivity index (χ0) is 23.0. The van der Waals surface area contributed by atoms with E-state index in [1.165, 1.54) is 25.7 Å². The van der Waals surface area contributed by atoms with Crippen molar-refractivity contribution in [3.8, 4) is 0 Å². The number of aliphatic carboxylic acids is 1. The van der Waals surface area contributed by atoms with Gasteiger partial charge in [-0.1, -0.05) is 18.1 Å². The van der Waals surface area contributed by atoms with Crippen LogP contribution >= 0.6 is 0 Å². The second-order valence-corrected chi connectivity index (χ2v) is 9.49. The molecule has 1 spiro atoms. The van der Waals surface area contributed by atoms with Gasteiger partial charge in [0.25, 0.3) is 0 Å². The molecule has 31 heavy (non-hydrogen) atoms. The minimum atomic E-state index is -5.08. The Bertz CT molecular complexity index is 804. The van der Waals surface area contributed by atoms with Gasteiger partial charge in [0.1, 0.15) is 5.69 Å². The number of carboxylic acid groups (broad SMARTS) is 1. The quantitative estimate of drug-likeness (QED) is 0.740. The smallest absolute Gasteiger partial charge is 0.475 e. The summed E-state index contributed by atoms with van der Waals surface area (Å²) in [5.41, 5.74) is 6.85. The third kappa shape index (κ3) is 5.36. The molecule has 1 saturated heterocycles. The molecule has 1 aromatic heterocycles. The van der Waals surface area contributed by atoms with Crippen molar-refractivity contribution in [3.05, 3.63) is 11.9 Å². The zero-order valence-electron chi connectivity index (χ0n) is 17.9. The molecule has 0 aromatic carbocycles. The standard InChI is InChI=1S/C18H29N5O.C2HF3O2/c1-17(2,19)15-12-23(21-20-15)13-5-9-22(10-6-13)16(24)14-11-18(14)7-3-4-8-18;3-2(4,5)1(6)7/h12-14H,3-11,19H2,1-2H3;(H,6,7). The number of amides is 1. The molecule has 3 fully saturated rings. The number of carbonyl (C=O) groups is 2. The SMILES string of the molecule is CC(C)(N)c1cn(C2CCN(C(=O)C3CC34CCCC4)CC2)nn1.O=C(O)C(F)(F)F. The maximum absolute atomic E-state index is 12.8. The molecule has 8 nitrogen and oxygen atoms in total. The van der Waals surface area contributed by atoms with Crippen molar-refractivity contribution in [1.82, 2.24) is 19.9 Å². The average molecular weight is 445 g/mol. The first-order valence-corrected chi connectivity index (χ1v) is 10.6. The van der Waals surface area contributed by atoms with Crippen LogP contribution in [0.15, 0.2) is 6.20 Å². The molecule has 3 N–H and O–H groups in total. The maximum atomic E-state index is 12.8. The van der Waals surface area contributed by atoms with Crippen molar-refractivity contribution in [3.63, 3.8) is 0 Å². The van der Waals surface area contributed by atoms with E-state index in [1.807, 2.05) is 24.7 Å². The number of hydrogen-bond donors (Lipinski definition) is 2. The predicted molar refractivity (Wildman–Crippen MR) is 105 cm³/mol. The van der Waals surface area contributed by atoms with E-state index in [-0.39, 0.29) is 0 Å². The summed E-state index contributed by atoms with van der Waals surface area (Å²) in [6.45, 7) is 5.57. The highest BCUT2D eigenvalue weighted by Gasteiger charge is 2.59. The zero-order valence-corrected chi connectivity index (χ0v) is 17.9. The van der Waals surface area contributed by atoms with Crippen LogP contribution in [0.5, 0.6) is 0 Å². The van der Waals surface area contributed by atoms with Crippen LogP contribution in [-0.4, -0.2) is 56.1 Å². The number of carbonyl (C=O) groups excluding carboxylic acids is 1. The first-order chi connectivity index (χ1) is 14.3. The molecule has 0 radical (unpaired) electrons. The van der Waals surface area contributed by atoms with Gasteiger partial charge in [-0.15, -0.1) is 5.10 Å². The molecule has 3 aliphatic rings. The maximum Gasteiger partial charge on any atom is 0.490 e. The van der Waals surface area contributed by atoms with E-state index >= 15 is 0 Å². The largest absolute Gasteiger partial charge is 0.490 e. The number of hydrogen-bond acceptors (Lipinski definition) is 5. The van der Waals surface area contributed by atoms with Crippen molar-refractivity contribution in [2.45, 2.75) is 76.6 Å². The molecule has 2 heterocycles. The summed E-state index contributed by atoms with van der Waals surface area (Å²) in [7, 11) is 0. The monoisotopic (exact) mass is 445 g/mol. The molecular weight excluding hydrogens is 415 g/mol. The van der Waals surface area contributed by atoms with Crippen LogP contribution < -0.4 is 5.73 Å². The Kier molecular flexibility index (Phi) is 6.37. The van der Waals surface area contributed by atoms with Crippen LogP contribution in [0.4, 0.5) is 13.2 Å². The summed E-state index contributed by atoms with van der Waals surface area (Å²) in [4.78, 5) is 23.8. The minimum absolute atomic E-state index is 0.326. The Labute approximate surface area is 178 Å². The van der Waals surface area contributed by atoms with Crippen molar-refractivity contribution >= 4 is 11.9 Å². The van der Waals surface area contributed by atoms with Gasteiger partial charge in [0, 0.05) is 19.0 Å². The number of nitrogens with zero attached hydrogens (tertiary/aromatic N) is 4. The van der Waals surface area contributed by atoms with Crippen molar-refractivity contribution < 1.29 is 27.9 Å². The second kappa shape index (κ2) is 8.40. The van der Waals surface area contributed by atoms with Crippen LogP contribution in [0.3, 0.4) is 0 Å². The summed E-state index contributed by atoms with van der Waals surface area (Å²) in [5, 5.41) is 15.6. The van der Waals surface area contributed by atoms with Crippen molar-refractivity contribution in [2.24, 2.45) is 17.1 Å². The Balaban J connectivity index is 0.000000339. The molecule has 174 valence electrons. The van der Waals surface area contributed by atoms with Gasteiger partial charge in [0.05, 0.1) is 17.8 Å². The number of piperidine rings is 1. The highest BCUT2D eigenvalue weighted by molar-refractivity contribution is 5.83. The number of halogens is 3. The van der Waals surface area contributed by atoms with E-state index in [4.69, 9.17) is 15.6 Å². The van der Waals surface area contributed by atoms with Gasteiger partial charge in [0.15, 0.2) is 0 Å². The molecule has 1 unspecified atom stereocenters. The third-order valence-electron chi connectivity index (χ3n) is 6.65. The Hall–Kier alpha value is -2.17. The van der Waals surface area contributed by atoms with Crippen molar-refractivity contribution in [2.75, 3.05) is 13.1 Å². The predicted octanol–water partition coefficient (Wildman–Crippen LogP) is 2.85. The van der Waals surface area contributed by atoms with E-state index in [2.05, 4.69) is 15.2 Å². The lowest BCUT2D eigenvalue weighted by molar-refractivity contribution is -0.192. The highest BCUT2D eigenvalue weighted by atomic mass is 19.4. The van der Waals surface area contributed by atoms with E-state index in [0.717, 1.165) is 38.0 Å². The molecule has 1 aromatic rings. The molecule has 2 saturated carbocycles. The Morgan fingerprint density at radius 3 is 2.19 bits per heavy atom. The van der Waals surface area contributed by atoms with E-state index in [9.17, 15) is 18.0 Å². The normalized spacial score (nSPS) is 23.4. The molecule has 0 bridgehead atoms. The highest BCUT2D eigenvalue weighted by Crippen LogP contribution is 2.63. The molecule has 11 heteroatoms. The van der Waals surface area contributed by atoms with Gasteiger partial charge in [-0.05, 0) is 51.4 Å². The first kappa shape index (κ1) is 23.5. The lowest BCUT2D eigenvalue weighted by atomic mass is 9.99. The fourth-order valence-electron chi connectivity index (χ4n) is 4.65. The molecule has 2 aliphatic carbocycles. The van der Waals surface area contributed by atoms with Gasteiger partial charge in [-0.3, -0.25) is 4.79 Å². The second-order valence-electron chi connectivity index (χ2n) is 9.49. The van der Waals surface area contributed by atoms with Crippen LogP contribution in [0.2, 0.25) is 0 Å². The minimum Gasteiger partial charge on any atom is -0.475 e. The van der Waals surface area contributed by atoms with E-state index in [1.54, 1.807) is 0 Å². The summed E-state index contributed by atoms with van der Waals surface area (Å²) in [5.74, 6) is -2.02. The summed E-state index contributed by atoms with van der Waals surface area (Å²) >= 11 is 0. The Morgan fingerprint density at radius 1 is 1.19 bits per heavy atom. The number of carboxylic acids is 1. The third-order valence-corrected chi connectivity index (χ3v) is 6.65. The van der Waals surface area contributed by atoms with Gasteiger partial charge >= 0.3 is 12.1 Å². The van der Waals surface area contributed by atoms with Crippen LogP contribution in [0.1, 0.15) is 70.5 Å². The van der Waals surface area contributed by atoms with Crippen LogP contribution in [-0.2, 0) is 15.1 Å². The molecule has 4 rings (SSSR count). The van der Waals surface area contributed by atoms with Gasteiger partial charge < -0.3 is 15.7 Å².